The fourth-order valence-corrected chi connectivity index (χ4v) is 4.61. The molecule has 0 aromatic heterocycles. The van der Waals surface area contributed by atoms with Gasteiger partial charge >= 0.3 is 5.97 Å². The lowest BCUT2D eigenvalue weighted by atomic mass is 10.1. The first-order valence-corrected chi connectivity index (χ1v) is 8.88. The molecular formula is C13H16BrNO4S. The zero-order valence-electron chi connectivity index (χ0n) is 11.2. The Morgan fingerprint density at radius 3 is 2.40 bits per heavy atom. The summed E-state index contributed by atoms with van der Waals surface area (Å²) < 4.78 is 29.5. The molecule has 0 unspecified atom stereocenters. The maximum atomic E-state index is 12.0. The van der Waals surface area contributed by atoms with E-state index in [-0.39, 0.29) is 6.61 Å². The van der Waals surface area contributed by atoms with Crippen LogP contribution < -0.4 is 5.73 Å². The number of hydrogen-bond donors (Lipinski definition) is 1. The molecule has 1 aromatic rings. The van der Waals surface area contributed by atoms with Crippen molar-refractivity contribution in [2.24, 2.45) is 5.73 Å². The lowest BCUT2D eigenvalue weighted by molar-refractivity contribution is -0.145. The van der Waals surface area contributed by atoms with Crippen LogP contribution in [0.15, 0.2) is 28.7 Å². The number of carbonyl (C=O) groups excluding carboxylic acids is 1. The monoisotopic (exact) mass is 361 g/mol. The third kappa shape index (κ3) is 2.49. The topological polar surface area (TPSA) is 86.5 Å². The second-order valence-corrected chi connectivity index (χ2v) is 8.02. The highest BCUT2D eigenvalue weighted by Crippen LogP contribution is 2.54. The molecule has 1 saturated carbocycles. The molecule has 20 heavy (non-hydrogen) atoms. The number of benzene rings is 1. The van der Waals surface area contributed by atoms with E-state index in [0.717, 1.165) is 16.3 Å². The minimum Gasteiger partial charge on any atom is -0.465 e. The van der Waals surface area contributed by atoms with Gasteiger partial charge in [-0.25, -0.2) is 13.2 Å². The summed E-state index contributed by atoms with van der Waals surface area (Å²) in [6.07, 6.45) is 1.09. The minimum absolute atomic E-state index is 0.168. The fourth-order valence-electron chi connectivity index (χ4n) is 2.60. The Bertz CT molecular complexity index is 628. The van der Waals surface area contributed by atoms with E-state index in [9.17, 15) is 13.2 Å². The smallest absolute Gasteiger partial charge is 0.328 e. The van der Waals surface area contributed by atoms with Gasteiger partial charge in [0.2, 0.25) is 0 Å². The summed E-state index contributed by atoms with van der Waals surface area (Å²) in [5, 5.41) is -0.935. The molecule has 1 aromatic carbocycles. The van der Waals surface area contributed by atoms with Crippen molar-refractivity contribution in [1.82, 2.24) is 0 Å². The summed E-state index contributed by atoms with van der Waals surface area (Å²) in [4.78, 5) is 12.0. The zero-order valence-corrected chi connectivity index (χ0v) is 13.6. The standard InChI is InChI=1S/C13H16BrNO4S/c1-3-19-12(16)13(15)10(11(13)20(2,17)18)8-4-6-9(14)7-5-8/h4-7,10-11H,3,15H2,1-2H3/t10-,11-,13-/m0/s1. The average Bonchev–Trinajstić information content (AvgIpc) is 2.99. The van der Waals surface area contributed by atoms with Crippen LogP contribution in [0.2, 0.25) is 0 Å². The molecule has 0 bridgehead atoms. The van der Waals surface area contributed by atoms with Crippen LogP contribution in [0.5, 0.6) is 0 Å². The second kappa shape index (κ2) is 5.13. The molecule has 5 nitrogen and oxygen atoms in total. The van der Waals surface area contributed by atoms with Gasteiger partial charge in [-0.05, 0) is 24.6 Å². The second-order valence-electron chi connectivity index (χ2n) is 4.93. The Hall–Kier alpha value is -0.920. The van der Waals surface area contributed by atoms with Gasteiger partial charge in [-0.15, -0.1) is 0 Å². The number of hydrogen-bond acceptors (Lipinski definition) is 5. The highest BCUT2D eigenvalue weighted by Gasteiger charge is 2.73. The van der Waals surface area contributed by atoms with Crippen LogP contribution in [0.4, 0.5) is 0 Å². The Morgan fingerprint density at radius 2 is 1.95 bits per heavy atom. The average molecular weight is 362 g/mol. The zero-order chi connectivity index (χ0) is 15.1. The predicted octanol–water partition coefficient (Wildman–Crippen LogP) is 1.22. The van der Waals surface area contributed by atoms with Gasteiger partial charge in [-0.1, -0.05) is 28.1 Å². The number of sulfone groups is 1. The van der Waals surface area contributed by atoms with Crippen molar-refractivity contribution in [1.29, 1.82) is 0 Å². The van der Waals surface area contributed by atoms with E-state index in [2.05, 4.69) is 15.9 Å². The Morgan fingerprint density at radius 1 is 1.40 bits per heavy atom. The van der Waals surface area contributed by atoms with E-state index >= 15 is 0 Å². The van der Waals surface area contributed by atoms with Gasteiger partial charge in [0, 0.05) is 16.6 Å². The summed E-state index contributed by atoms with van der Waals surface area (Å²) >= 11 is 3.31. The van der Waals surface area contributed by atoms with Crippen molar-refractivity contribution >= 4 is 31.7 Å². The molecule has 110 valence electrons. The molecular weight excluding hydrogens is 346 g/mol. The summed E-state index contributed by atoms with van der Waals surface area (Å²) in [6, 6.07) is 7.11. The van der Waals surface area contributed by atoms with Gasteiger partial charge in [0.1, 0.15) is 5.54 Å². The normalized spacial score (nSPS) is 29.0. The van der Waals surface area contributed by atoms with E-state index in [0.29, 0.717) is 0 Å². The largest absolute Gasteiger partial charge is 0.465 e. The van der Waals surface area contributed by atoms with E-state index in [1.807, 2.05) is 0 Å². The van der Waals surface area contributed by atoms with Gasteiger partial charge < -0.3 is 10.5 Å². The van der Waals surface area contributed by atoms with Crippen LogP contribution in [-0.4, -0.2) is 38.0 Å². The number of nitrogens with two attached hydrogens (primary N) is 1. The molecule has 0 amide bonds. The molecule has 0 radical (unpaired) electrons. The van der Waals surface area contributed by atoms with Crippen LogP contribution in [0, 0.1) is 0 Å². The van der Waals surface area contributed by atoms with E-state index in [1.165, 1.54) is 0 Å². The molecule has 2 rings (SSSR count). The SMILES string of the molecule is CCOC(=O)[C@]1(N)[C@@H](c2ccc(Br)cc2)[C@@H]1S(C)(=O)=O. The number of esters is 1. The molecule has 1 aliphatic rings. The summed E-state index contributed by atoms with van der Waals surface area (Å²) in [7, 11) is -3.45. The molecule has 0 aliphatic heterocycles. The predicted molar refractivity (Wildman–Crippen MR) is 79.1 cm³/mol. The van der Waals surface area contributed by atoms with Crippen LogP contribution in [0.1, 0.15) is 18.4 Å². The van der Waals surface area contributed by atoms with Crippen molar-refractivity contribution in [3.05, 3.63) is 34.3 Å². The van der Waals surface area contributed by atoms with Crippen molar-refractivity contribution in [3.8, 4) is 0 Å². The fraction of sp³-hybridized carbons (Fsp3) is 0.462. The first-order chi connectivity index (χ1) is 9.22. The molecule has 1 fully saturated rings. The van der Waals surface area contributed by atoms with Gasteiger partial charge in [0.15, 0.2) is 9.84 Å². The first-order valence-electron chi connectivity index (χ1n) is 6.13. The minimum atomic E-state index is -3.45. The Labute approximate surface area is 126 Å². The number of rotatable bonds is 4. The third-order valence-electron chi connectivity index (χ3n) is 3.50. The summed E-state index contributed by atoms with van der Waals surface area (Å²) in [5.74, 6) is -1.23. The quantitative estimate of drug-likeness (QED) is 0.814. The summed E-state index contributed by atoms with van der Waals surface area (Å²) in [5.41, 5.74) is 5.29. The van der Waals surface area contributed by atoms with E-state index in [1.54, 1.807) is 31.2 Å². The van der Waals surface area contributed by atoms with Gasteiger partial charge in [0.05, 0.1) is 11.9 Å². The molecule has 0 heterocycles. The number of ether oxygens (including phenoxy) is 1. The lowest BCUT2D eigenvalue weighted by Gasteiger charge is -2.10. The van der Waals surface area contributed by atoms with Crippen molar-refractivity contribution in [2.75, 3.05) is 12.9 Å². The maximum Gasteiger partial charge on any atom is 0.328 e. The maximum absolute atomic E-state index is 12.0. The molecule has 7 heteroatoms. The highest BCUT2D eigenvalue weighted by atomic mass is 79.9. The lowest BCUT2D eigenvalue weighted by Crippen LogP contribution is -2.41. The molecule has 1 aliphatic carbocycles. The Balaban J connectivity index is 2.41. The number of carbonyl (C=O) groups is 1. The van der Waals surface area contributed by atoms with Crippen molar-refractivity contribution in [3.63, 3.8) is 0 Å². The molecule has 3 atom stereocenters. The van der Waals surface area contributed by atoms with E-state index in [4.69, 9.17) is 10.5 Å². The molecule has 2 N–H and O–H groups in total. The van der Waals surface area contributed by atoms with Crippen LogP contribution >= 0.6 is 15.9 Å². The Kier molecular flexibility index (Phi) is 3.96. The van der Waals surface area contributed by atoms with Crippen LogP contribution in [0.3, 0.4) is 0 Å². The van der Waals surface area contributed by atoms with Gasteiger partial charge in [-0.3, -0.25) is 0 Å². The highest BCUT2D eigenvalue weighted by molar-refractivity contribution is 9.10. The molecule has 0 spiro atoms. The van der Waals surface area contributed by atoms with Crippen LogP contribution in [-0.2, 0) is 19.4 Å². The first kappa shape index (κ1) is 15.5. The van der Waals surface area contributed by atoms with Crippen molar-refractivity contribution in [2.45, 2.75) is 23.6 Å². The van der Waals surface area contributed by atoms with Crippen LogP contribution in [0.25, 0.3) is 0 Å². The van der Waals surface area contributed by atoms with Gasteiger partial charge in [0.25, 0.3) is 0 Å². The summed E-state index contributed by atoms with van der Waals surface area (Å²) in [6.45, 7) is 1.83. The molecule has 0 saturated heterocycles. The van der Waals surface area contributed by atoms with Crippen molar-refractivity contribution < 1.29 is 17.9 Å². The van der Waals surface area contributed by atoms with Gasteiger partial charge in [-0.2, -0.15) is 0 Å². The number of halogens is 1. The van der Waals surface area contributed by atoms with E-state index < -0.39 is 32.5 Å². The third-order valence-corrected chi connectivity index (χ3v) is 5.61.